The molecule has 6 heteroatoms. The van der Waals surface area contributed by atoms with Crippen LogP contribution in [0.15, 0.2) is 12.1 Å². The third kappa shape index (κ3) is 2.96. The number of ether oxygens (including phenoxy) is 2. The Morgan fingerprint density at radius 1 is 1.32 bits per heavy atom. The molecule has 0 fully saturated rings. The van der Waals surface area contributed by atoms with E-state index in [0.29, 0.717) is 23.1 Å². The largest absolute Gasteiger partial charge is 0.480 e. The summed E-state index contributed by atoms with van der Waals surface area (Å²) in [4.78, 5) is 23.4. The lowest BCUT2D eigenvalue weighted by molar-refractivity contribution is -0.142. The maximum absolute atomic E-state index is 12.0. The van der Waals surface area contributed by atoms with E-state index in [1.54, 1.807) is 6.08 Å². The molecule has 0 saturated carbocycles. The van der Waals surface area contributed by atoms with Crippen LogP contribution in [0.3, 0.4) is 0 Å². The minimum absolute atomic E-state index is 0.107. The molecule has 0 heterocycles. The topological polar surface area (TPSA) is 52.6 Å². The second-order valence-corrected chi connectivity index (χ2v) is 7.67. The first-order valence-electron chi connectivity index (χ1n) is 8.26. The van der Waals surface area contributed by atoms with Crippen LogP contribution in [0.1, 0.15) is 37.8 Å². The van der Waals surface area contributed by atoms with Gasteiger partial charge in [-0.05, 0) is 42.0 Å². The molecule has 0 N–H and O–H groups in total. The maximum atomic E-state index is 12.0. The number of rotatable bonds is 4. The van der Waals surface area contributed by atoms with E-state index < -0.39 is 5.97 Å². The number of hydrogen-bond donors (Lipinski definition) is 0. The number of fused-ring (bicyclic) bond motifs is 3. The Kier molecular flexibility index (Phi) is 4.86. The third-order valence-electron chi connectivity index (χ3n) is 5.37. The average Bonchev–Trinajstić information content (AvgIpc) is 2.91. The fourth-order valence-corrected chi connectivity index (χ4v) is 4.41. The van der Waals surface area contributed by atoms with Crippen LogP contribution in [0.2, 0.25) is 10.0 Å². The monoisotopic (exact) mass is 382 g/mol. The molecule has 0 saturated heterocycles. The molecule has 0 spiro atoms. The lowest BCUT2D eigenvalue weighted by Gasteiger charge is -2.37. The first-order valence-corrected chi connectivity index (χ1v) is 9.01. The third-order valence-corrected chi connectivity index (χ3v) is 6.22. The van der Waals surface area contributed by atoms with Gasteiger partial charge in [0.2, 0.25) is 0 Å². The lowest BCUT2D eigenvalue weighted by Crippen LogP contribution is -2.31. The summed E-state index contributed by atoms with van der Waals surface area (Å²) < 4.78 is 10.1. The summed E-state index contributed by atoms with van der Waals surface area (Å²) >= 11 is 12.9. The summed E-state index contributed by atoms with van der Waals surface area (Å²) in [6.07, 6.45) is 3.86. The molecule has 1 aromatic rings. The van der Waals surface area contributed by atoms with Gasteiger partial charge in [-0.2, -0.15) is 0 Å². The Balaban J connectivity index is 2.08. The van der Waals surface area contributed by atoms with Crippen molar-refractivity contribution in [3.05, 3.63) is 33.3 Å². The molecule has 0 aromatic heterocycles. The fourth-order valence-electron chi connectivity index (χ4n) is 3.89. The Hall–Kier alpha value is -1.52. The zero-order valence-electron chi connectivity index (χ0n) is 14.4. The van der Waals surface area contributed by atoms with Crippen molar-refractivity contribution in [3.63, 3.8) is 0 Å². The highest BCUT2D eigenvalue weighted by Crippen LogP contribution is 2.59. The van der Waals surface area contributed by atoms with Gasteiger partial charge in [-0.25, -0.2) is 4.79 Å². The summed E-state index contributed by atoms with van der Waals surface area (Å²) in [6.45, 7) is 4.10. The SMILES string of the molecule is COC(=O)COc1cc2c(c(Cl)c1Cl)C1=CC(=O)CCC1(C(C)C)C2. The first-order chi connectivity index (χ1) is 11.8. The first kappa shape index (κ1) is 18.3. The van der Waals surface area contributed by atoms with Crippen LogP contribution in [-0.2, 0) is 20.7 Å². The quantitative estimate of drug-likeness (QED) is 0.719. The smallest absolute Gasteiger partial charge is 0.343 e. The van der Waals surface area contributed by atoms with Crippen LogP contribution in [0.25, 0.3) is 5.57 Å². The molecule has 0 bridgehead atoms. The summed E-state index contributed by atoms with van der Waals surface area (Å²) in [7, 11) is 1.30. The van der Waals surface area contributed by atoms with Gasteiger partial charge in [-0.3, -0.25) is 4.79 Å². The number of halogens is 2. The molecule has 2 aliphatic rings. The molecule has 25 heavy (non-hydrogen) atoms. The van der Waals surface area contributed by atoms with Gasteiger partial charge in [0.05, 0.1) is 12.1 Å². The van der Waals surface area contributed by atoms with Gasteiger partial charge in [-0.1, -0.05) is 37.0 Å². The molecule has 4 nitrogen and oxygen atoms in total. The van der Waals surface area contributed by atoms with Gasteiger partial charge < -0.3 is 9.47 Å². The van der Waals surface area contributed by atoms with Crippen molar-refractivity contribution < 1.29 is 19.1 Å². The van der Waals surface area contributed by atoms with E-state index >= 15 is 0 Å². The van der Waals surface area contributed by atoms with Crippen molar-refractivity contribution in [2.24, 2.45) is 11.3 Å². The summed E-state index contributed by atoms with van der Waals surface area (Å²) in [6, 6.07) is 1.83. The zero-order chi connectivity index (χ0) is 18.4. The number of hydrogen-bond acceptors (Lipinski definition) is 4. The normalized spacial score (nSPS) is 21.7. The molecular weight excluding hydrogens is 363 g/mol. The van der Waals surface area contributed by atoms with Crippen LogP contribution in [0.5, 0.6) is 5.75 Å². The minimum atomic E-state index is -0.492. The number of ketones is 1. The van der Waals surface area contributed by atoms with Crippen LogP contribution < -0.4 is 4.74 Å². The number of esters is 1. The van der Waals surface area contributed by atoms with Crippen LogP contribution in [0.4, 0.5) is 0 Å². The fraction of sp³-hybridized carbons (Fsp3) is 0.474. The van der Waals surface area contributed by atoms with Crippen molar-refractivity contribution in [2.45, 2.75) is 33.1 Å². The van der Waals surface area contributed by atoms with E-state index in [1.807, 2.05) is 6.07 Å². The maximum Gasteiger partial charge on any atom is 0.343 e. The predicted molar refractivity (Wildman–Crippen MR) is 97.2 cm³/mol. The number of carbonyl (C=O) groups is 2. The van der Waals surface area contributed by atoms with Crippen molar-refractivity contribution >= 4 is 40.5 Å². The summed E-state index contributed by atoms with van der Waals surface area (Å²) in [5.74, 6) is 0.347. The average molecular weight is 383 g/mol. The molecule has 1 atom stereocenters. The van der Waals surface area contributed by atoms with Crippen molar-refractivity contribution in [1.29, 1.82) is 0 Å². The second-order valence-electron chi connectivity index (χ2n) is 6.91. The van der Waals surface area contributed by atoms with Crippen LogP contribution in [-0.4, -0.2) is 25.5 Å². The molecule has 0 amide bonds. The van der Waals surface area contributed by atoms with Gasteiger partial charge in [0.25, 0.3) is 0 Å². The highest BCUT2D eigenvalue weighted by Gasteiger charge is 2.47. The zero-order valence-corrected chi connectivity index (χ0v) is 16.0. The molecule has 0 radical (unpaired) electrons. The van der Waals surface area contributed by atoms with Crippen LogP contribution in [0, 0.1) is 11.3 Å². The Morgan fingerprint density at radius 3 is 2.68 bits per heavy atom. The van der Waals surface area contributed by atoms with Gasteiger partial charge in [0.1, 0.15) is 10.8 Å². The standard InChI is InChI=1S/C19H20Cl2O4/c1-10(2)19-5-4-12(22)7-13(19)16-11(8-19)6-14(17(20)18(16)21)25-9-15(23)24-3/h6-7,10H,4-5,8-9H2,1-3H3. The minimum Gasteiger partial charge on any atom is -0.480 e. The Bertz CT molecular complexity index is 782. The van der Waals surface area contributed by atoms with E-state index in [9.17, 15) is 9.59 Å². The van der Waals surface area contributed by atoms with Gasteiger partial charge in [-0.15, -0.1) is 0 Å². The van der Waals surface area contributed by atoms with E-state index in [0.717, 1.165) is 29.5 Å². The van der Waals surface area contributed by atoms with Gasteiger partial charge in [0.15, 0.2) is 12.4 Å². The second kappa shape index (κ2) is 6.65. The summed E-state index contributed by atoms with van der Waals surface area (Å²) in [5, 5.41) is 0.630. The predicted octanol–water partition coefficient (Wildman–Crippen LogP) is 4.49. The molecule has 0 aliphatic heterocycles. The van der Waals surface area contributed by atoms with Crippen molar-refractivity contribution in [3.8, 4) is 5.75 Å². The highest BCUT2D eigenvalue weighted by atomic mass is 35.5. The van der Waals surface area contributed by atoms with E-state index in [4.69, 9.17) is 27.9 Å². The molecule has 3 rings (SSSR count). The van der Waals surface area contributed by atoms with Crippen molar-refractivity contribution in [2.75, 3.05) is 13.7 Å². The number of benzene rings is 1. The van der Waals surface area contributed by atoms with E-state index in [2.05, 4.69) is 18.6 Å². The van der Waals surface area contributed by atoms with Crippen LogP contribution >= 0.6 is 23.2 Å². The molecule has 1 aromatic carbocycles. The number of allylic oxidation sites excluding steroid dienone is 2. The molecule has 134 valence electrons. The summed E-state index contributed by atoms with van der Waals surface area (Å²) in [5.41, 5.74) is 2.73. The van der Waals surface area contributed by atoms with Crippen molar-refractivity contribution in [1.82, 2.24) is 0 Å². The van der Waals surface area contributed by atoms with Gasteiger partial charge >= 0.3 is 5.97 Å². The molecule has 1 unspecified atom stereocenters. The Labute approximate surface area is 157 Å². The Morgan fingerprint density at radius 2 is 2.04 bits per heavy atom. The molecular formula is C19H20Cl2O4. The lowest BCUT2D eigenvalue weighted by atomic mass is 9.66. The number of carbonyl (C=O) groups excluding carboxylic acids is 2. The molecule has 2 aliphatic carbocycles. The highest BCUT2D eigenvalue weighted by molar-refractivity contribution is 6.44. The number of methoxy groups -OCH3 is 1. The van der Waals surface area contributed by atoms with E-state index in [-0.39, 0.29) is 22.8 Å². The van der Waals surface area contributed by atoms with Gasteiger partial charge in [0, 0.05) is 17.4 Å². The van der Waals surface area contributed by atoms with E-state index in [1.165, 1.54) is 7.11 Å².